The van der Waals surface area contributed by atoms with Gasteiger partial charge in [-0.1, -0.05) is 6.92 Å². The van der Waals surface area contributed by atoms with Gasteiger partial charge in [0.1, 0.15) is 12.3 Å². The number of hydrogen-bond acceptors (Lipinski definition) is 5. The maximum absolute atomic E-state index is 12.5. The average molecular weight is 331 g/mol. The molecule has 1 aliphatic heterocycles. The summed E-state index contributed by atoms with van der Waals surface area (Å²) in [6.45, 7) is 3.64. The summed E-state index contributed by atoms with van der Waals surface area (Å²) >= 11 is 1.56. The first-order valence-electron chi connectivity index (χ1n) is 7.32. The van der Waals surface area contributed by atoms with E-state index in [2.05, 4.69) is 4.98 Å². The molecule has 1 aromatic heterocycles. The van der Waals surface area contributed by atoms with Gasteiger partial charge in [0.2, 0.25) is 5.91 Å². The molecule has 0 saturated carbocycles. The van der Waals surface area contributed by atoms with Crippen molar-refractivity contribution in [3.8, 4) is 17.0 Å². The highest BCUT2D eigenvalue weighted by molar-refractivity contribution is 7.09. The topological polar surface area (TPSA) is 85.5 Å². The molecule has 23 heavy (non-hydrogen) atoms. The predicted octanol–water partition coefficient (Wildman–Crippen LogP) is 2.11. The van der Waals surface area contributed by atoms with Crippen molar-refractivity contribution in [1.82, 2.24) is 4.98 Å². The van der Waals surface area contributed by atoms with Crippen LogP contribution >= 0.6 is 11.3 Å². The second-order valence-electron chi connectivity index (χ2n) is 5.34. The minimum Gasteiger partial charge on any atom is -0.478 e. The molecule has 1 atom stereocenters. The molecule has 2 heterocycles. The van der Waals surface area contributed by atoms with Gasteiger partial charge in [0.05, 0.1) is 16.4 Å². The van der Waals surface area contributed by atoms with E-state index in [1.165, 1.54) is 4.90 Å². The quantitative estimate of drug-likeness (QED) is 0.930. The lowest BCUT2D eigenvalue weighted by Crippen LogP contribution is -2.48. The molecule has 7 heteroatoms. The third kappa shape index (κ3) is 2.92. The van der Waals surface area contributed by atoms with Crippen LogP contribution in [0.25, 0.3) is 11.3 Å². The molecular weight excluding hydrogens is 314 g/mol. The Labute approximate surface area is 137 Å². The van der Waals surface area contributed by atoms with Crippen molar-refractivity contribution in [3.63, 3.8) is 0 Å². The first-order chi connectivity index (χ1) is 11.0. The largest absolute Gasteiger partial charge is 0.478 e. The molecular formula is C16H17N3O3S. The fourth-order valence-corrected chi connectivity index (χ4v) is 3.18. The van der Waals surface area contributed by atoms with Crippen LogP contribution in [0.3, 0.4) is 0 Å². The number of aromatic nitrogens is 1. The van der Waals surface area contributed by atoms with Gasteiger partial charge >= 0.3 is 0 Å². The lowest BCUT2D eigenvalue weighted by atomic mass is 10.1. The van der Waals surface area contributed by atoms with Crippen molar-refractivity contribution in [2.75, 3.05) is 11.4 Å². The number of nitrogens with two attached hydrogens (primary N) is 1. The Morgan fingerprint density at radius 2 is 2.26 bits per heavy atom. The number of ether oxygens (including phenoxy) is 1. The van der Waals surface area contributed by atoms with Gasteiger partial charge in [-0.3, -0.25) is 14.5 Å². The number of amides is 2. The maximum atomic E-state index is 12.5. The van der Waals surface area contributed by atoms with Gasteiger partial charge in [0.25, 0.3) is 5.91 Å². The first-order valence-corrected chi connectivity index (χ1v) is 8.20. The van der Waals surface area contributed by atoms with Crippen molar-refractivity contribution in [1.29, 1.82) is 0 Å². The second-order valence-corrected chi connectivity index (χ2v) is 6.40. The number of carbonyl (C=O) groups is 2. The molecule has 0 radical (unpaired) electrons. The van der Waals surface area contributed by atoms with Gasteiger partial charge in [0.15, 0.2) is 6.10 Å². The van der Waals surface area contributed by atoms with Gasteiger partial charge in [0, 0.05) is 10.9 Å². The van der Waals surface area contributed by atoms with Crippen LogP contribution < -0.4 is 15.4 Å². The van der Waals surface area contributed by atoms with E-state index in [1.54, 1.807) is 11.3 Å². The minimum absolute atomic E-state index is 0.161. The summed E-state index contributed by atoms with van der Waals surface area (Å²) < 4.78 is 5.74. The summed E-state index contributed by atoms with van der Waals surface area (Å²) in [5, 5.41) is 2.92. The second kappa shape index (κ2) is 6.00. The summed E-state index contributed by atoms with van der Waals surface area (Å²) in [5.41, 5.74) is 7.56. The number of aryl methyl sites for hydroxylation is 1. The van der Waals surface area contributed by atoms with Gasteiger partial charge in [-0.2, -0.15) is 0 Å². The lowest BCUT2D eigenvalue weighted by molar-refractivity contribution is -0.128. The molecule has 0 bridgehead atoms. The maximum Gasteiger partial charge on any atom is 0.268 e. The monoisotopic (exact) mass is 331 g/mol. The van der Waals surface area contributed by atoms with Crippen molar-refractivity contribution in [2.24, 2.45) is 5.73 Å². The predicted molar refractivity (Wildman–Crippen MR) is 88.5 cm³/mol. The summed E-state index contributed by atoms with van der Waals surface area (Å²) in [7, 11) is 0. The van der Waals surface area contributed by atoms with Crippen molar-refractivity contribution < 1.29 is 14.3 Å². The number of hydrogen-bond donors (Lipinski definition) is 1. The Hall–Kier alpha value is -2.41. The molecule has 120 valence electrons. The van der Waals surface area contributed by atoms with Crippen LogP contribution in [0.5, 0.6) is 5.75 Å². The molecule has 2 amide bonds. The number of nitrogens with zero attached hydrogens (tertiary/aromatic N) is 2. The Morgan fingerprint density at radius 3 is 2.87 bits per heavy atom. The van der Waals surface area contributed by atoms with Crippen LogP contribution in [-0.2, 0) is 9.59 Å². The Kier molecular flexibility index (Phi) is 4.04. The third-order valence-electron chi connectivity index (χ3n) is 3.66. The molecule has 1 unspecified atom stereocenters. The number of anilines is 1. The smallest absolute Gasteiger partial charge is 0.268 e. The van der Waals surface area contributed by atoms with Crippen molar-refractivity contribution >= 4 is 28.8 Å². The number of thiazole rings is 1. The highest BCUT2D eigenvalue weighted by atomic mass is 32.1. The Balaban J connectivity index is 2.06. The van der Waals surface area contributed by atoms with Crippen LogP contribution in [0, 0.1) is 6.92 Å². The van der Waals surface area contributed by atoms with Crippen LogP contribution in [0.2, 0.25) is 0 Å². The SMILES string of the molecule is CCC1Oc2ccc(-c3csc(C)n3)cc2N(CC(N)=O)C1=O. The number of fused-ring (bicyclic) bond motifs is 1. The van der Waals surface area contributed by atoms with Gasteiger partial charge in [-0.15, -0.1) is 11.3 Å². The lowest BCUT2D eigenvalue weighted by Gasteiger charge is -2.33. The van der Waals surface area contributed by atoms with Crippen LogP contribution in [0.15, 0.2) is 23.6 Å². The fourth-order valence-electron chi connectivity index (χ4n) is 2.56. The van der Waals surface area contributed by atoms with E-state index in [0.29, 0.717) is 17.9 Å². The average Bonchev–Trinajstić information content (AvgIpc) is 2.95. The van der Waals surface area contributed by atoms with E-state index in [0.717, 1.165) is 16.3 Å². The standard InChI is InChI=1S/C16H17N3O3S/c1-3-13-16(21)19(7-15(17)20)12-6-10(4-5-14(12)22-13)11-8-23-9(2)18-11/h4-6,8,13H,3,7H2,1-2H3,(H2,17,20). The fraction of sp³-hybridized carbons (Fsp3) is 0.312. The Bertz CT molecular complexity index is 772. The van der Waals surface area contributed by atoms with E-state index < -0.39 is 12.0 Å². The summed E-state index contributed by atoms with van der Waals surface area (Å²) in [5.74, 6) is -0.227. The molecule has 0 saturated heterocycles. The third-order valence-corrected chi connectivity index (χ3v) is 4.43. The number of rotatable bonds is 4. The molecule has 1 aliphatic rings. The van der Waals surface area contributed by atoms with E-state index in [1.807, 2.05) is 37.4 Å². The molecule has 0 spiro atoms. The zero-order chi connectivity index (χ0) is 16.6. The van der Waals surface area contributed by atoms with Crippen molar-refractivity contribution in [2.45, 2.75) is 26.4 Å². The van der Waals surface area contributed by atoms with Gasteiger partial charge < -0.3 is 10.5 Å². The normalized spacial score (nSPS) is 16.9. The van der Waals surface area contributed by atoms with E-state index in [9.17, 15) is 9.59 Å². The first kappa shape index (κ1) is 15.5. The van der Waals surface area contributed by atoms with Crippen LogP contribution in [0.1, 0.15) is 18.4 Å². The van der Waals surface area contributed by atoms with E-state index >= 15 is 0 Å². The summed E-state index contributed by atoms with van der Waals surface area (Å²) in [4.78, 5) is 29.7. The summed E-state index contributed by atoms with van der Waals surface area (Å²) in [6.07, 6.45) is -0.0603. The van der Waals surface area contributed by atoms with Crippen LogP contribution in [-0.4, -0.2) is 29.4 Å². The molecule has 1 aromatic carbocycles. The zero-order valence-corrected chi connectivity index (χ0v) is 13.7. The Morgan fingerprint density at radius 1 is 1.48 bits per heavy atom. The summed E-state index contributed by atoms with van der Waals surface area (Å²) in [6, 6.07) is 5.53. The van der Waals surface area contributed by atoms with Gasteiger partial charge in [-0.25, -0.2) is 4.98 Å². The molecule has 0 aliphatic carbocycles. The minimum atomic E-state index is -0.589. The molecule has 0 fully saturated rings. The zero-order valence-electron chi connectivity index (χ0n) is 12.9. The molecule has 2 N–H and O–H groups in total. The van der Waals surface area contributed by atoms with Crippen molar-refractivity contribution in [3.05, 3.63) is 28.6 Å². The highest BCUT2D eigenvalue weighted by Crippen LogP contribution is 2.38. The molecule has 2 aromatic rings. The number of carbonyl (C=O) groups excluding carboxylic acids is 2. The van der Waals surface area contributed by atoms with Crippen LogP contribution in [0.4, 0.5) is 5.69 Å². The van der Waals surface area contributed by atoms with E-state index in [4.69, 9.17) is 10.5 Å². The van der Waals surface area contributed by atoms with E-state index in [-0.39, 0.29) is 12.5 Å². The van der Waals surface area contributed by atoms with Gasteiger partial charge in [-0.05, 0) is 31.5 Å². The molecule has 3 rings (SSSR count). The highest BCUT2D eigenvalue weighted by Gasteiger charge is 2.34. The number of benzene rings is 1. The molecule has 6 nitrogen and oxygen atoms in total. The number of primary amides is 1.